The van der Waals surface area contributed by atoms with Gasteiger partial charge in [-0.25, -0.2) is 0 Å². The van der Waals surface area contributed by atoms with E-state index in [-0.39, 0.29) is 0 Å². The predicted molar refractivity (Wildman–Crippen MR) is 74.5 cm³/mol. The third-order valence-corrected chi connectivity index (χ3v) is 2.55. The molecule has 2 rings (SSSR count). The Morgan fingerprint density at radius 3 is 3.00 bits per heavy atom. The number of aryl methyl sites for hydroxylation is 1. The van der Waals surface area contributed by atoms with Gasteiger partial charge in [-0.15, -0.1) is 0 Å². The fourth-order valence-electron chi connectivity index (χ4n) is 1.63. The Kier molecular flexibility index (Phi) is 4.03. The van der Waals surface area contributed by atoms with E-state index in [1.165, 1.54) is 5.56 Å². The minimum atomic E-state index is 0.900. The van der Waals surface area contributed by atoms with Crippen LogP contribution in [0.5, 0.6) is 0 Å². The van der Waals surface area contributed by atoms with Crippen LogP contribution < -0.4 is 5.32 Å². The number of rotatable bonds is 3. The van der Waals surface area contributed by atoms with Crippen molar-refractivity contribution in [2.24, 2.45) is 0 Å². The maximum Gasteiger partial charge on any atom is 0.137 e. The largest absolute Gasteiger partial charge is 0.369 e. The zero-order chi connectivity index (χ0) is 12.8. The molecule has 1 aromatic heterocycles. The first-order chi connectivity index (χ1) is 8.79. The smallest absolute Gasteiger partial charge is 0.137 e. The van der Waals surface area contributed by atoms with Crippen molar-refractivity contribution in [1.29, 1.82) is 0 Å². The second-order valence-corrected chi connectivity index (χ2v) is 4.20. The molecule has 2 N–H and O–H groups in total. The zero-order valence-corrected chi connectivity index (χ0v) is 10.7. The average molecular weight is 239 g/mol. The van der Waals surface area contributed by atoms with Crippen LogP contribution in [0.15, 0.2) is 30.5 Å². The first kappa shape index (κ1) is 12.3. The predicted octanol–water partition coefficient (Wildman–Crippen LogP) is 2.94. The van der Waals surface area contributed by atoms with Gasteiger partial charge in [-0.1, -0.05) is 30.9 Å². The topological polar surface area (TPSA) is 40.7 Å². The Morgan fingerprint density at radius 1 is 1.33 bits per heavy atom. The maximum absolute atomic E-state index is 4.01. The molecule has 0 aliphatic carbocycles. The quantitative estimate of drug-likeness (QED) is 0.808. The monoisotopic (exact) mass is 239 g/mol. The number of hydrogen-bond acceptors (Lipinski definition) is 2. The Morgan fingerprint density at radius 2 is 2.22 bits per heavy atom. The van der Waals surface area contributed by atoms with Crippen LogP contribution in [-0.2, 0) is 0 Å². The highest BCUT2D eigenvalue weighted by Gasteiger charge is 2.00. The number of nitrogens with one attached hydrogen (secondary N) is 2. The highest BCUT2D eigenvalue weighted by molar-refractivity contribution is 5.55. The fourth-order valence-corrected chi connectivity index (χ4v) is 1.63. The molecule has 0 bridgehead atoms. The van der Waals surface area contributed by atoms with Gasteiger partial charge in [0.05, 0.1) is 11.8 Å². The summed E-state index contributed by atoms with van der Waals surface area (Å²) in [7, 11) is 0. The molecule has 0 saturated heterocycles. The van der Waals surface area contributed by atoms with E-state index in [9.17, 15) is 0 Å². The molecule has 0 aliphatic rings. The molecule has 0 atom stereocenters. The standard InChI is InChI=1S/C15H17N3/c1-3-9-16-15-14(11-17-18-15)8-7-13-6-4-5-12(2)10-13/h4-6,10-11H,3,9H2,1-2H3,(H2,16,17,18). The summed E-state index contributed by atoms with van der Waals surface area (Å²) in [5.41, 5.74) is 3.15. The molecule has 0 aliphatic heterocycles. The lowest BCUT2D eigenvalue weighted by molar-refractivity contribution is 0.960. The summed E-state index contributed by atoms with van der Waals surface area (Å²) in [6.45, 7) is 5.11. The Labute approximate surface area is 108 Å². The number of nitrogens with zero attached hydrogens (tertiary/aromatic N) is 1. The van der Waals surface area contributed by atoms with Gasteiger partial charge in [-0.2, -0.15) is 5.10 Å². The molecule has 92 valence electrons. The second kappa shape index (κ2) is 5.92. The molecule has 1 aromatic carbocycles. The van der Waals surface area contributed by atoms with E-state index >= 15 is 0 Å². The molecule has 0 saturated carbocycles. The first-order valence-corrected chi connectivity index (χ1v) is 6.15. The first-order valence-electron chi connectivity index (χ1n) is 6.15. The van der Waals surface area contributed by atoms with Crippen LogP contribution in [0.25, 0.3) is 0 Å². The van der Waals surface area contributed by atoms with Crippen LogP contribution >= 0.6 is 0 Å². The summed E-state index contributed by atoms with van der Waals surface area (Å²) in [6.07, 6.45) is 2.82. The van der Waals surface area contributed by atoms with Crippen molar-refractivity contribution in [1.82, 2.24) is 10.2 Å². The van der Waals surface area contributed by atoms with Crippen molar-refractivity contribution >= 4 is 5.82 Å². The number of aromatic amines is 1. The van der Waals surface area contributed by atoms with Crippen molar-refractivity contribution in [2.45, 2.75) is 20.3 Å². The molecule has 0 unspecified atom stereocenters. The van der Waals surface area contributed by atoms with E-state index in [2.05, 4.69) is 53.3 Å². The van der Waals surface area contributed by atoms with Gasteiger partial charge < -0.3 is 5.32 Å². The Balaban J connectivity index is 2.17. The minimum absolute atomic E-state index is 0.900. The summed E-state index contributed by atoms with van der Waals surface area (Å²) in [5, 5.41) is 10.2. The second-order valence-electron chi connectivity index (χ2n) is 4.20. The molecular weight excluding hydrogens is 222 g/mol. The lowest BCUT2D eigenvalue weighted by Crippen LogP contribution is -2.01. The SMILES string of the molecule is CCCNc1[nH]ncc1C#Cc1cccc(C)c1. The zero-order valence-electron chi connectivity index (χ0n) is 10.7. The number of anilines is 1. The molecule has 0 radical (unpaired) electrons. The van der Waals surface area contributed by atoms with E-state index < -0.39 is 0 Å². The van der Waals surface area contributed by atoms with Gasteiger partial charge in [0.1, 0.15) is 5.82 Å². The lowest BCUT2D eigenvalue weighted by Gasteiger charge is -2.00. The molecular formula is C15H17N3. The highest BCUT2D eigenvalue weighted by Crippen LogP contribution is 2.09. The van der Waals surface area contributed by atoms with Gasteiger partial charge in [0.25, 0.3) is 0 Å². The van der Waals surface area contributed by atoms with Gasteiger partial charge in [0, 0.05) is 12.1 Å². The Bertz CT molecular complexity index is 573. The average Bonchev–Trinajstić information content (AvgIpc) is 2.81. The van der Waals surface area contributed by atoms with E-state index in [0.29, 0.717) is 0 Å². The van der Waals surface area contributed by atoms with Gasteiger partial charge in [0.15, 0.2) is 0 Å². The molecule has 0 amide bonds. The molecule has 18 heavy (non-hydrogen) atoms. The summed E-state index contributed by atoms with van der Waals surface area (Å²) < 4.78 is 0. The van der Waals surface area contributed by atoms with Crippen molar-refractivity contribution in [2.75, 3.05) is 11.9 Å². The molecule has 3 heteroatoms. The van der Waals surface area contributed by atoms with Crippen LogP contribution in [0.3, 0.4) is 0 Å². The lowest BCUT2D eigenvalue weighted by atomic mass is 10.1. The van der Waals surface area contributed by atoms with E-state index in [0.717, 1.165) is 29.9 Å². The van der Waals surface area contributed by atoms with E-state index in [1.54, 1.807) is 6.20 Å². The normalized spacial score (nSPS) is 9.67. The third-order valence-electron chi connectivity index (χ3n) is 2.55. The molecule has 3 nitrogen and oxygen atoms in total. The minimum Gasteiger partial charge on any atom is -0.369 e. The van der Waals surface area contributed by atoms with Crippen LogP contribution in [0, 0.1) is 18.8 Å². The number of hydrogen-bond donors (Lipinski definition) is 2. The summed E-state index contributed by atoms with van der Waals surface area (Å²) >= 11 is 0. The molecule has 2 aromatic rings. The van der Waals surface area contributed by atoms with Gasteiger partial charge >= 0.3 is 0 Å². The van der Waals surface area contributed by atoms with Crippen LogP contribution in [0.2, 0.25) is 0 Å². The fraction of sp³-hybridized carbons (Fsp3) is 0.267. The summed E-state index contributed by atoms with van der Waals surface area (Å²) in [5.74, 6) is 7.19. The van der Waals surface area contributed by atoms with E-state index in [4.69, 9.17) is 0 Å². The van der Waals surface area contributed by atoms with Crippen LogP contribution in [-0.4, -0.2) is 16.7 Å². The van der Waals surface area contributed by atoms with Crippen molar-refractivity contribution in [3.8, 4) is 11.8 Å². The number of H-pyrrole nitrogens is 1. The summed E-state index contributed by atoms with van der Waals surface area (Å²) in [6, 6.07) is 8.17. The molecule has 0 fully saturated rings. The van der Waals surface area contributed by atoms with Crippen molar-refractivity contribution in [3.63, 3.8) is 0 Å². The maximum atomic E-state index is 4.01. The highest BCUT2D eigenvalue weighted by atomic mass is 15.2. The van der Waals surface area contributed by atoms with Crippen LogP contribution in [0.1, 0.15) is 30.0 Å². The Hall–Kier alpha value is -2.21. The van der Waals surface area contributed by atoms with Crippen LogP contribution in [0.4, 0.5) is 5.82 Å². The van der Waals surface area contributed by atoms with Gasteiger partial charge in [0.2, 0.25) is 0 Å². The van der Waals surface area contributed by atoms with Gasteiger partial charge in [-0.05, 0) is 31.0 Å². The van der Waals surface area contributed by atoms with Crippen molar-refractivity contribution in [3.05, 3.63) is 47.2 Å². The van der Waals surface area contributed by atoms with Gasteiger partial charge in [-0.3, -0.25) is 5.10 Å². The summed E-state index contributed by atoms with van der Waals surface area (Å²) in [4.78, 5) is 0. The third kappa shape index (κ3) is 3.14. The van der Waals surface area contributed by atoms with E-state index in [1.807, 2.05) is 12.1 Å². The molecule has 1 heterocycles. The molecule has 0 spiro atoms. The number of aromatic nitrogens is 2. The number of benzene rings is 1. The van der Waals surface area contributed by atoms with Crippen molar-refractivity contribution < 1.29 is 0 Å².